The maximum Gasteiger partial charge on any atom is 0.274 e. The number of aryl methyl sites for hydroxylation is 1. The average molecular weight is 352 g/mol. The molecule has 0 unspecified atom stereocenters. The highest BCUT2D eigenvalue weighted by atomic mass is 16.2. The van der Waals surface area contributed by atoms with Gasteiger partial charge in [-0.2, -0.15) is 5.10 Å². The summed E-state index contributed by atoms with van der Waals surface area (Å²) >= 11 is 0. The molecule has 6 heteroatoms. The van der Waals surface area contributed by atoms with E-state index in [1.807, 2.05) is 9.80 Å². The normalized spacial score (nSPS) is 17.3. The van der Waals surface area contributed by atoms with Gasteiger partial charge < -0.3 is 9.80 Å². The van der Waals surface area contributed by atoms with Gasteiger partial charge in [0, 0.05) is 32.2 Å². The van der Waals surface area contributed by atoms with Crippen molar-refractivity contribution in [3.8, 4) is 0 Å². The van der Waals surface area contributed by atoms with Crippen molar-refractivity contribution in [3.63, 3.8) is 0 Å². The topological polar surface area (TPSA) is 58.4 Å². The Kier molecular flexibility index (Phi) is 4.49. The molecule has 2 aliphatic rings. The van der Waals surface area contributed by atoms with Crippen LogP contribution in [0.2, 0.25) is 0 Å². The van der Waals surface area contributed by atoms with Gasteiger partial charge in [0.25, 0.3) is 11.8 Å². The highest BCUT2D eigenvalue weighted by Crippen LogP contribution is 2.19. The first kappa shape index (κ1) is 16.8. The predicted octanol–water partition coefficient (Wildman–Crippen LogP) is 2.47. The van der Waals surface area contributed by atoms with E-state index in [0.717, 1.165) is 31.5 Å². The standard InChI is InChI=1S/C20H24N4O2/c1-15-5-7-16(8-6-15)14-23-11-12-24-18(20(23)26)13-17(21-24)19(25)22-9-3-2-4-10-22/h5-8,13H,2-4,9-12,14H2,1H3. The monoisotopic (exact) mass is 352 g/mol. The number of likely N-dealkylation sites (tertiary alicyclic amines) is 1. The number of carbonyl (C=O) groups excluding carboxylic acids is 2. The van der Waals surface area contributed by atoms with E-state index < -0.39 is 0 Å². The smallest absolute Gasteiger partial charge is 0.274 e. The lowest BCUT2D eigenvalue weighted by Crippen LogP contribution is -2.39. The first-order chi connectivity index (χ1) is 12.6. The molecule has 3 heterocycles. The van der Waals surface area contributed by atoms with Crippen molar-refractivity contribution in [2.45, 2.75) is 39.3 Å². The molecule has 0 spiro atoms. The van der Waals surface area contributed by atoms with E-state index >= 15 is 0 Å². The number of nitrogens with zero attached hydrogens (tertiary/aromatic N) is 4. The fraction of sp³-hybridized carbons (Fsp3) is 0.450. The molecule has 2 aliphatic heterocycles. The van der Waals surface area contributed by atoms with Crippen LogP contribution in [0.15, 0.2) is 30.3 Å². The Hall–Kier alpha value is -2.63. The van der Waals surface area contributed by atoms with Gasteiger partial charge in [-0.05, 0) is 31.7 Å². The minimum absolute atomic E-state index is 0.0514. The van der Waals surface area contributed by atoms with E-state index in [4.69, 9.17) is 0 Å². The molecule has 26 heavy (non-hydrogen) atoms. The highest BCUT2D eigenvalue weighted by Gasteiger charge is 2.29. The largest absolute Gasteiger partial charge is 0.337 e. The molecule has 6 nitrogen and oxygen atoms in total. The summed E-state index contributed by atoms with van der Waals surface area (Å²) in [5.74, 6) is -0.105. The van der Waals surface area contributed by atoms with E-state index in [1.165, 1.54) is 12.0 Å². The molecule has 136 valence electrons. The van der Waals surface area contributed by atoms with Crippen LogP contribution in [-0.4, -0.2) is 51.0 Å². The summed E-state index contributed by atoms with van der Waals surface area (Å²) < 4.78 is 1.69. The van der Waals surface area contributed by atoms with Crippen molar-refractivity contribution in [1.82, 2.24) is 19.6 Å². The van der Waals surface area contributed by atoms with Gasteiger partial charge in [-0.15, -0.1) is 0 Å². The quantitative estimate of drug-likeness (QED) is 0.853. The third kappa shape index (κ3) is 3.23. The molecule has 4 rings (SSSR count). The Bertz CT molecular complexity index is 819. The maximum atomic E-state index is 12.8. The lowest BCUT2D eigenvalue weighted by atomic mass is 10.1. The summed E-state index contributed by atoms with van der Waals surface area (Å²) in [6, 6.07) is 9.90. The lowest BCUT2D eigenvalue weighted by Gasteiger charge is -2.27. The van der Waals surface area contributed by atoms with Crippen LogP contribution < -0.4 is 0 Å². The predicted molar refractivity (Wildman–Crippen MR) is 97.9 cm³/mol. The molecule has 1 saturated heterocycles. The summed E-state index contributed by atoms with van der Waals surface area (Å²) in [4.78, 5) is 29.2. The fourth-order valence-electron chi connectivity index (χ4n) is 3.67. The van der Waals surface area contributed by atoms with Crippen molar-refractivity contribution in [3.05, 3.63) is 52.8 Å². The number of aromatic nitrogens is 2. The third-order valence-electron chi connectivity index (χ3n) is 5.22. The van der Waals surface area contributed by atoms with Crippen LogP contribution in [0, 0.1) is 6.92 Å². The van der Waals surface area contributed by atoms with Crippen LogP contribution in [0.25, 0.3) is 0 Å². The van der Waals surface area contributed by atoms with Crippen LogP contribution in [0.4, 0.5) is 0 Å². The Morgan fingerprint density at radius 2 is 1.77 bits per heavy atom. The molecule has 1 fully saturated rings. The molecule has 0 N–H and O–H groups in total. The number of hydrogen-bond acceptors (Lipinski definition) is 3. The van der Waals surface area contributed by atoms with Crippen LogP contribution in [0.3, 0.4) is 0 Å². The Morgan fingerprint density at radius 1 is 1.04 bits per heavy atom. The average Bonchev–Trinajstić information content (AvgIpc) is 3.11. The second-order valence-electron chi connectivity index (χ2n) is 7.20. The maximum absolute atomic E-state index is 12.8. The molecule has 0 saturated carbocycles. The van der Waals surface area contributed by atoms with Gasteiger partial charge in [0.15, 0.2) is 5.69 Å². The minimum atomic E-state index is -0.0537. The van der Waals surface area contributed by atoms with Crippen molar-refractivity contribution >= 4 is 11.8 Å². The zero-order valence-electron chi connectivity index (χ0n) is 15.1. The van der Waals surface area contributed by atoms with Crippen LogP contribution in [0.5, 0.6) is 0 Å². The van der Waals surface area contributed by atoms with Crippen LogP contribution in [-0.2, 0) is 13.1 Å². The van der Waals surface area contributed by atoms with Gasteiger partial charge in [-0.25, -0.2) is 0 Å². The second kappa shape index (κ2) is 6.94. The van der Waals surface area contributed by atoms with Crippen LogP contribution in [0.1, 0.15) is 51.4 Å². The second-order valence-corrected chi connectivity index (χ2v) is 7.20. The number of benzene rings is 1. The highest BCUT2D eigenvalue weighted by molar-refractivity contribution is 5.98. The van der Waals surface area contributed by atoms with Crippen molar-refractivity contribution in [1.29, 1.82) is 0 Å². The van der Waals surface area contributed by atoms with E-state index in [0.29, 0.717) is 31.0 Å². The van der Waals surface area contributed by atoms with E-state index in [9.17, 15) is 9.59 Å². The Labute approximate surface area is 153 Å². The van der Waals surface area contributed by atoms with Gasteiger partial charge >= 0.3 is 0 Å². The SMILES string of the molecule is Cc1ccc(CN2CCn3nc(C(=O)N4CCCCC4)cc3C2=O)cc1. The summed E-state index contributed by atoms with van der Waals surface area (Å²) in [5, 5.41) is 4.41. The molecule has 0 atom stereocenters. The molecule has 1 aromatic carbocycles. The summed E-state index contributed by atoms with van der Waals surface area (Å²) in [5.41, 5.74) is 3.23. The molecule has 2 aromatic rings. The van der Waals surface area contributed by atoms with Gasteiger partial charge in [-0.1, -0.05) is 29.8 Å². The number of carbonyl (C=O) groups is 2. The lowest BCUT2D eigenvalue weighted by molar-refractivity contribution is 0.0679. The number of piperidine rings is 1. The van der Waals surface area contributed by atoms with Crippen molar-refractivity contribution in [2.24, 2.45) is 0 Å². The number of fused-ring (bicyclic) bond motifs is 1. The van der Waals surface area contributed by atoms with E-state index in [-0.39, 0.29) is 11.8 Å². The summed E-state index contributed by atoms with van der Waals surface area (Å²) in [6.07, 6.45) is 3.26. The molecular weight excluding hydrogens is 328 g/mol. The van der Waals surface area contributed by atoms with Gasteiger partial charge in [-0.3, -0.25) is 14.3 Å². The van der Waals surface area contributed by atoms with Crippen molar-refractivity contribution < 1.29 is 9.59 Å². The Morgan fingerprint density at radius 3 is 2.50 bits per heavy atom. The third-order valence-corrected chi connectivity index (χ3v) is 5.22. The first-order valence-electron chi connectivity index (χ1n) is 9.34. The van der Waals surface area contributed by atoms with E-state index in [1.54, 1.807) is 10.7 Å². The molecular formula is C20H24N4O2. The molecule has 2 amide bonds. The van der Waals surface area contributed by atoms with Gasteiger partial charge in [0.1, 0.15) is 5.69 Å². The number of hydrogen-bond donors (Lipinski definition) is 0. The molecule has 0 bridgehead atoms. The van der Waals surface area contributed by atoms with Crippen LogP contribution >= 0.6 is 0 Å². The summed E-state index contributed by atoms with van der Waals surface area (Å²) in [7, 11) is 0. The molecule has 0 radical (unpaired) electrons. The fourth-order valence-corrected chi connectivity index (χ4v) is 3.67. The first-order valence-corrected chi connectivity index (χ1v) is 9.34. The minimum Gasteiger partial charge on any atom is -0.337 e. The molecule has 0 aliphatic carbocycles. The van der Waals surface area contributed by atoms with Gasteiger partial charge in [0.2, 0.25) is 0 Å². The summed E-state index contributed by atoms with van der Waals surface area (Å²) in [6.45, 7) is 5.44. The zero-order valence-corrected chi connectivity index (χ0v) is 15.1. The Balaban J connectivity index is 1.50. The molecule has 1 aromatic heterocycles. The number of amides is 2. The van der Waals surface area contributed by atoms with Gasteiger partial charge in [0.05, 0.1) is 6.54 Å². The number of rotatable bonds is 3. The van der Waals surface area contributed by atoms with Crippen molar-refractivity contribution in [2.75, 3.05) is 19.6 Å². The van der Waals surface area contributed by atoms with E-state index in [2.05, 4.69) is 36.3 Å². The zero-order chi connectivity index (χ0) is 18.1.